The summed E-state index contributed by atoms with van der Waals surface area (Å²) in [6.07, 6.45) is 7.49. The number of hydrogen-bond donors (Lipinski definition) is 1. The number of imidazole rings is 1. The quantitative estimate of drug-likeness (QED) is 0.359. The van der Waals surface area contributed by atoms with Crippen LogP contribution in [0.15, 0.2) is 48.7 Å². The van der Waals surface area contributed by atoms with Crippen LogP contribution in [0.5, 0.6) is 5.88 Å². The number of allylic oxidation sites excluding steroid dienone is 2. The molecule has 1 N–H and O–H groups in total. The summed E-state index contributed by atoms with van der Waals surface area (Å²) in [5.41, 5.74) is 4.60. The molecule has 1 unspecified atom stereocenters. The highest BCUT2D eigenvalue weighted by atomic mass is 35.5. The van der Waals surface area contributed by atoms with E-state index < -0.39 is 5.97 Å². The summed E-state index contributed by atoms with van der Waals surface area (Å²) in [6.45, 7) is 2.43. The Morgan fingerprint density at radius 1 is 1.19 bits per heavy atom. The molecule has 3 aromatic heterocycles. The van der Waals surface area contributed by atoms with Crippen LogP contribution in [-0.2, 0) is 20.1 Å². The van der Waals surface area contributed by atoms with Crippen LogP contribution in [0.3, 0.4) is 0 Å². The van der Waals surface area contributed by atoms with Gasteiger partial charge in [0.2, 0.25) is 5.88 Å². The van der Waals surface area contributed by atoms with E-state index in [1.165, 1.54) is 6.07 Å². The van der Waals surface area contributed by atoms with Crippen LogP contribution in [0.25, 0.3) is 16.7 Å². The van der Waals surface area contributed by atoms with Gasteiger partial charge in [-0.1, -0.05) is 23.7 Å². The summed E-state index contributed by atoms with van der Waals surface area (Å²) >= 11 is 6.04. The van der Waals surface area contributed by atoms with E-state index in [4.69, 9.17) is 21.3 Å². The van der Waals surface area contributed by atoms with Gasteiger partial charge in [0.1, 0.15) is 17.9 Å². The molecule has 0 spiro atoms. The number of nitrogens with zero attached hydrogens (tertiary/aromatic N) is 5. The van der Waals surface area contributed by atoms with Gasteiger partial charge in [-0.15, -0.1) is 0 Å². The smallest absolute Gasteiger partial charge is 0.354 e. The van der Waals surface area contributed by atoms with E-state index in [-0.39, 0.29) is 5.69 Å². The zero-order valence-corrected chi connectivity index (χ0v) is 20.9. The van der Waals surface area contributed by atoms with Crippen molar-refractivity contribution in [1.29, 1.82) is 0 Å². The number of aryl methyl sites for hydroxylation is 2. The van der Waals surface area contributed by atoms with E-state index in [0.717, 1.165) is 48.2 Å². The molecular weight excluding hydrogens is 478 g/mol. The SMILES string of the molecule is Cc1cc(Cl)ccc1COc1ccnc(C2=CCC(Cc3nc4ccc(C(=O)O)nc4n3C)CC2)n1. The van der Waals surface area contributed by atoms with Gasteiger partial charge in [-0.05, 0) is 73.1 Å². The third-order valence-electron chi connectivity index (χ3n) is 6.62. The van der Waals surface area contributed by atoms with Crippen LogP contribution in [-0.4, -0.2) is 35.6 Å². The average molecular weight is 504 g/mol. The number of aromatic carboxylic acids is 1. The van der Waals surface area contributed by atoms with Gasteiger partial charge in [0, 0.05) is 30.8 Å². The second-order valence-corrected chi connectivity index (χ2v) is 9.52. The van der Waals surface area contributed by atoms with E-state index >= 15 is 0 Å². The van der Waals surface area contributed by atoms with E-state index in [2.05, 4.69) is 21.0 Å². The number of carboxylic acids is 1. The Labute approximate surface area is 213 Å². The number of rotatable bonds is 7. The largest absolute Gasteiger partial charge is 0.477 e. The second-order valence-electron chi connectivity index (χ2n) is 9.08. The van der Waals surface area contributed by atoms with Gasteiger partial charge in [0.15, 0.2) is 17.2 Å². The predicted molar refractivity (Wildman–Crippen MR) is 137 cm³/mol. The number of aromatic nitrogens is 5. The molecule has 0 bridgehead atoms. The van der Waals surface area contributed by atoms with Gasteiger partial charge in [0.25, 0.3) is 0 Å². The highest BCUT2D eigenvalue weighted by molar-refractivity contribution is 6.30. The lowest BCUT2D eigenvalue weighted by Crippen LogP contribution is -2.13. The minimum Gasteiger partial charge on any atom is -0.477 e. The molecule has 4 aromatic rings. The standard InChI is InChI=1S/C27H26ClN5O3/c1-16-13-20(28)8-7-19(16)15-36-24-11-12-29-25(32-24)18-5-3-17(4-6-18)14-23-30-21-9-10-22(27(34)35)31-26(21)33(23)2/h5,7-13,17H,3-4,6,14-15H2,1-2H3,(H,34,35). The Bertz CT molecular complexity index is 1480. The second kappa shape index (κ2) is 10.1. The zero-order chi connectivity index (χ0) is 25.2. The van der Waals surface area contributed by atoms with Crippen molar-refractivity contribution in [3.8, 4) is 5.88 Å². The molecule has 9 heteroatoms. The van der Waals surface area contributed by atoms with Gasteiger partial charge in [0.05, 0.1) is 0 Å². The van der Waals surface area contributed by atoms with Gasteiger partial charge in [-0.25, -0.2) is 19.7 Å². The van der Waals surface area contributed by atoms with Gasteiger partial charge < -0.3 is 14.4 Å². The maximum absolute atomic E-state index is 11.3. The Hall–Kier alpha value is -3.78. The van der Waals surface area contributed by atoms with Crippen molar-refractivity contribution in [1.82, 2.24) is 24.5 Å². The molecule has 184 valence electrons. The summed E-state index contributed by atoms with van der Waals surface area (Å²) in [4.78, 5) is 29.3. The number of halogens is 1. The average Bonchev–Trinajstić information content (AvgIpc) is 3.18. The van der Waals surface area contributed by atoms with E-state index in [1.54, 1.807) is 18.3 Å². The number of ether oxygens (including phenoxy) is 1. The minimum absolute atomic E-state index is 0.0248. The molecule has 1 aliphatic carbocycles. The number of hydrogen-bond acceptors (Lipinski definition) is 6. The van der Waals surface area contributed by atoms with Crippen LogP contribution in [0, 0.1) is 12.8 Å². The summed E-state index contributed by atoms with van der Waals surface area (Å²) in [7, 11) is 1.89. The highest BCUT2D eigenvalue weighted by Gasteiger charge is 2.21. The molecule has 0 amide bonds. The summed E-state index contributed by atoms with van der Waals surface area (Å²) in [6, 6.07) is 10.7. The van der Waals surface area contributed by atoms with E-state index in [0.29, 0.717) is 40.4 Å². The first kappa shape index (κ1) is 23.9. The molecular formula is C27H26ClN5O3. The van der Waals surface area contributed by atoms with Crippen molar-refractivity contribution in [2.75, 3.05) is 0 Å². The number of benzene rings is 1. The van der Waals surface area contributed by atoms with Crippen LogP contribution in [0.1, 0.15) is 52.5 Å². The van der Waals surface area contributed by atoms with Crippen molar-refractivity contribution in [2.45, 2.75) is 39.2 Å². The molecule has 8 nitrogen and oxygen atoms in total. The Balaban J connectivity index is 1.24. The van der Waals surface area contributed by atoms with Crippen molar-refractivity contribution in [3.63, 3.8) is 0 Å². The normalized spacial score (nSPS) is 15.6. The fourth-order valence-corrected chi connectivity index (χ4v) is 4.73. The summed E-state index contributed by atoms with van der Waals surface area (Å²) < 4.78 is 7.83. The molecule has 36 heavy (non-hydrogen) atoms. The summed E-state index contributed by atoms with van der Waals surface area (Å²) in [5.74, 6) is 1.54. The topological polar surface area (TPSA) is 103 Å². The lowest BCUT2D eigenvalue weighted by Gasteiger charge is -2.21. The monoisotopic (exact) mass is 503 g/mol. The van der Waals surface area contributed by atoms with Crippen molar-refractivity contribution in [2.24, 2.45) is 13.0 Å². The number of fused-ring (bicyclic) bond motifs is 1. The Morgan fingerprint density at radius 2 is 2.06 bits per heavy atom. The Kier molecular flexibility index (Phi) is 6.69. The molecule has 0 radical (unpaired) electrons. The fourth-order valence-electron chi connectivity index (χ4n) is 4.50. The van der Waals surface area contributed by atoms with E-state index in [1.807, 2.05) is 36.7 Å². The molecule has 5 rings (SSSR count). The molecule has 0 aliphatic heterocycles. The van der Waals surface area contributed by atoms with Gasteiger partial charge in [-0.3, -0.25) is 0 Å². The third kappa shape index (κ3) is 5.09. The predicted octanol–water partition coefficient (Wildman–Crippen LogP) is 5.42. The van der Waals surface area contributed by atoms with Crippen LogP contribution in [0.4, 0.5) is 0 Å². The van der Waals surface area contributed by atoms with Gasteiger partial charge in [-0.2, -0.15) is 4.98 Å². The molecule has 0 saturated carbocycles. The Morgan fingerprint density at radius 3 is 2.81 bits per heavy atom. The fraction of sp³-hybridized carbons (Fsp3) is 0.296. The number of carbonyl (C=O) groups is 1. The van der Waals surface area contributed by atoms with Crippen LogP contribution < -0.4 is 4.74 Å². The van der Waals surface area contributed by atoms with E-state index in [9.17, 15) is 9.90 Å². The molecule has 0 fully saturated rings. The maximum atomic E-state index is 11.3. The molecule has 1 aromatic carbocycles. The third-order valence-corrected chi connectivity index (χ3v) is 6.85. The highest BCUT2D eigenvalue weighted by Crippen LogP contribution is 2.31. The van der Waals surface area contributed by atoms with Crippen molar-refractivity contribution >= 4 is 34.3 Å². The lowest BCUT2D eigenvalue weighted by atomic mass is 9.87. The maximum Gasteiger partial charge on any atom is 0.354 e. The zero-order valence-electron chi connectivity index (χ0n) is 20.1. The van der Waals surface area contributed by atoms with Crippen LogP contribution >= 0.6 is 11.6 Å². The molecule has 1 atom stereocenters. The van der Waals surface area contributed by atoms with Crippen LogP contribution in [0.2, 0.25) is 5.02 Å². The van der Waals surface area contributed by atoms with Crippen molar-refractivity contribution in [3.05, 3.63) is 82.2 Å². The molecule has 0 saturated heterocycles. The van der Waals surface area contributed by atoms with Crippen molar-refractivity contribution < 1.29 is 14.6 Å². The first-order chi connectivity index (χ1) is 17.4. The first-order valence-corrected chi connectivity index (χ1v) is 12.2. The minimum atomic E-state index is -1.04. The van der Waals surface area contributed by atoms with Gasteiger partial charge >= 0.3 is 5.97 Å². The molecule has 3 heterocycles. The first-order valence-electron chi connectivity index (χ1n) is 11.8. The number of carboxylic acid groups (broad SMARTS) is 1. The lowest BCUT2D eigenvalue weighted by molar-refractivity contribution is 0.0691. The molecule has 1 aliphatic rings. The summed E-state index contributed by atoms with van der Waals surface area (Å²) in [5, 5.41) is 9.93. The number of pyridine rings is 1.